The van der Waals surface area contributed by atoms with Gasteiger partial charge in [0.1, 0.15) is 11.1 Å². The van der Waals surface area contributed by atoms with Crippen LogP contribution in [0.1, 0.15) is 13.3 Å². The summed E-state index contributed by atoms with van der Waals surface area (Å²) >= 11 is 6.15. The van der Waals surface area contributed by atoms with Crippen molar-refractivity contribution in [2.75, 3.05) is 36.5 Å². The first-order valence-corrected chi connectivity index (χ1v) is 6.91. The van der Waals surface area contributed by atoms with Crippen molar-refractivity contribution in [1.29, 1.82) is 0 Å². The lowest BCUT2D eigenvalue weighted by Gasteiger charge is -2.34. The molecule has 1 aliphatic heterocycles. The third-order valence-electron chi connectivity index (χ3n) is 2.99. The van der Waals surface area contributed by atoms with E-state index in [9.17, 15) is 4.79 Å². The largest absolute Gasteiger partial charge is 0.377 e. The highest BCUT2D eigenvalue weighted by molar-refractivity contribution is 6.32. The fraction of sp³-hybridized carbons (Fsp3) is 0.583. The number of aromatic nitrogens is 2. The fourth-order valence-corrected chi connectivity index (χ4v) is 2.17. The van der Waals surface area contributed by atoms with Gasteiger partial charge in [-0.2, -0.15) is 4.98 Å². The van der Waals surface area contributed by atoms with Crippen molar-refractivity contribution in [2.24, 2.45) is 5.73 Å². The highest BCUT2D eigenvalue weighted by Crippen LogP contribution is 2.26. The van der Waals surface area contributed by atoms with Crippen molar-refractivity contribution in [3.63, 3.8) is 0 Å². The highest BCUT2D eigenvalue weighted by atomic mass is 35.5. The first kappa shape index (κ1) is 14.8. The maximum atomic E-state index is 11.5. The molecule has 1 aromatic heterocycles. The second-order valence-corrected chi connectivity index (χ2v) is 4.89. The lowest BCUT2D eigenvalue weighted by Crippen LogP contribution is -2.53. The van der Waals surface area contributed by atoms with Gasteiger partial charge >= 0.3 is 0 Å². The van der Waals surface area contributed by atoms with E-state index in [1.165, 1.54) is 6.20 Å². The van der Waals surface area contributed by atoms with Crippen LogP contribution in [0.15, 0.2) is 6.20 Å². The second-order valence-electron chi connectivity index (χ2n) is 4.48. The summed E-state index contributed by atoms with van der Waals surface area (Å²) in [6, 6.07) is -0.560. The number of nitrogens with two attached hydrogens (primary N) is 1. The van der Waals surface area contributed by atoms with Gasteiger partial charge in [-0.25, -0.2) is 4.98 Å². The molecule has 0 aromatic carbocycles. The second kappa shape index (κ2) is 6.71. The summed E-state index contributed by atoms with van der Waals surface area (Å²) in [4.78, 5) is 21.8. The van der Waals surface area contributed by atoms with Gasteiger partial charge in [0.2, 0.25) is 11.9 Å². The normalized spacial score (nSPS) is 18.9. The maximum absolute atomic E-state index is 11.5. The minimum absolute atomic E-state index is 0.243. The molecule has 1 saturated heterocycles. The zero-order valence-corrected chi connectivity index (χ0v) is 12.1. The molecule has 2 rings (SSSR count). The summed E-state index contributed by atoms with van der Waals surface area (Å²) in [7, 11) is 0. The van der Waals surface area contributed by atoms with E-state index in [2.05, 4.69) is 22.2 Å². The maximum Gasteiger partial charge on any atom is 0.242 e. The first-order valence-electron chi connectivity index (χ1n) is 6.53. The molecule has 0 saturated carbocycles. The molecule has 20 heavy (non-hydrogen) atoms. The lowest BCUT2D eigenvalue weighted by atomic mass is 10.2. The third-order valence-corrected chi connectivity index (χ3v) is 3.25. The van der Waals surface area contributed by atoms with E-state index in [0.29, 0.717) is 29.9 Å². The number of hydrogen-bond donors (Lipinski definition) is 2. The number of anilines is 2. The standard InChI is InChI=1S/C12H18ClN5O2/c1-2-3-15-12-16-6-8(13)11(17-12)18-4-5-20-7-9(18)10(14)19/h6,9H,2-5,7H2,1H3,(H2,14,19)(H,15,16,17). The van der Waals surface area contributed by atoms with E-state index in [4.69, 9.17) is 22.1 Å². The average Bonchev–Trinajstić information content (AvgIpc) is 2.46. The lowest BCUT2D eigenvalue weighted by molar-refractivity contribution is -0.121. The Hall–Kier alpha value is -1.60. The van der Waals surface area contributed by atoms with E-state index < -0.39 is 11.9 Å². The molecule has 110 valence electrons. The number of morpholine rings is 1. The van der Waals surface area contributed by atoms with Gasteiger partial charge in [0.05, 0.1) is 19.4 Å². The van der Waals surface area contributed by atoms with Crippen LogP contribution in [-0.4, -0.2) is 48.2 Å². The molecule has 2 heterocycles. The van der Waals surface area contributed by atoms with Gasteiger partial charge in [-0.1, -0.05) is 18.5 Å². The molecule has 8 heteroatoms. The first-order chi connectivity index (χ1) is 9.63. The van der Waals surface area contributed by atoms with Gasteiger partial charge in [0.15, 0.2) is 5.82 Å². The van der Waals surface area contributed by atoms with Crippen molar-refractivity contribution < 1.29 is 9.53 Å². The third kappa shape index (κ3) is 3.29. The van der Waals surface area contributed by atoms with E-state index in [1.807, 2.05) is 0 Å². The van der Waals surface area contributed by atoms with Crippen LogP contribution in [0.25, 0.3) is 0 Å². The van der Waals surface area contributed by atoms with Crippen molar-refractivity contribution in [3.8, 4) is 0 Å². The van der Waals surface area contributed by atoms with Crippen LogP contribution in [0.4, 0.5) is 11.8 Å². The Morgan fingerprint density at radius 3 is 3.20 bits per heavy atom. The fourth-order valence-electron chi connectivity index (χ4n) is 1.97. The topological polar surface area (TPSA) is 93.4 Å². The van der Waals surface area contributed by atoms with Crippen molar-refractivity contribution in [3.05, 3.63) is 11.2 Å². The highest BCUT2D eigenvalue weighted by Gasteiger charge is 2.30. The number of primary amides is 1. The number of carbonyl (C=O) groups excluding carboxylic acids is 1. The molecule has 1 fully saturated rings. The molecule has 0 spiro atoms. The molecule has 1 aromatic rings. The minimum Gasteiger partial charge on any atom is -0.377 e. The number of nitrogens with one attached hydrogen (secondary N) is 1. The van der Waals surface area contributed by atoms with Crippen molar-refractivity contribution >= 4 is 29.3 Å². The summed E-state index contributed by atoms with van der Waals surface area (Å²) < 4.78 is 5.29. The Morgan fingerprint density at radius 1 is 1.70 bits per heavy atom. The van der Waals surface area contributed by atoms with Crippen LogP contribution in [-0.2, 0) is 9.53 Å². The van der Waals surface area contributed by atoms with Crippen LogP contribution in [0.5, 0.6) is 0 Å². The molecular weight excluding hydrogens is 282 g/mol. The quantitative estimate of drug-likeness (QED) is 0.829. The molecule has 0 bridgehead atoms. The van der Waals surface area contributed by atoms with Gasteiger partial charge in [-0.3, -0.25) is 4.79 Å². The molecule has 3 N–H and O–H groups in total. The number of hydrogen-bond acceptors (Lipinski definition) is 6. The SMILES string of the molecule is CCCNc1ncc(Cl)c(N2CCOCC2C(N)=O)n1. The molecule has 1 unspecified atom stereocenters. The summed E-state index contributed by atoms with van der Waals surface area (Å²) in [5.74, 6) is 0.538. The Bertz CT molecular complexity index is 485. The molecule has 1 aliphatic rings. The van der Waals surface area contributed by atoms with Crippen molar-refractivity contribution in [2.45, 2.75) is 19.4 Å². The number of amides is 1. The van der Waals surface area contributed by atoms with Gasteiger partial charge in [-0.05, 0) is 6.42 Å². The summed E-state index contributed by atoms with van der Waals surface area (Å²) in [5.41, 5.74) is 5.40. The van der Waals surface area contributed by atoms with Crippen LogP contribution in [0, 0.1) is 0 Å². The number of carbonyl (C=O) groups is 1. The smallest absolute Gasteiger partial charge is 0.242 e. The Morgan fingerprint density at radius 2 is 2.50 bits per heavy atom. The van der Waals surface area contributed by atoms with Gasteiger partial charge in [0.25, 0.3) is 0 Å². The molecule has 0 radical (unpaired) electrons. The number of rotatable bonds is 5. The van der Waals surface area contributed by atoms with Crippen LogP contribution < -0.4 is 16.0 Å². The van der Waals surface area contributed by atoms with Crippen LogP contribution >= 0.6 is 11.6 Å². The Labute approximate surface area is 122 Å². The molecule has 7 nitrogen and oxygen atoms in total. The zero-order valence-electron chi connectivity index (χ0n) is 11.3. The van der Waals surface area contributed by atoms with E-state index in [-0.39, 0.29) is 6.61 Å². The summed E-state index contributed by atoms with van der Waals surface area (Å²) in [6.07, 6.45) is 2.48. The van der Waals surface area contributed by atoms with Crippen molar-refractivity contribution in [1.82, 2.24) is 9.97 Å². The number of nitrogens with zero attached hydrogens (tertiary/aromatic N) is 3. The summed E-state index contributed by atoms with van der Waals surface area (Å²) in [6.45, 7) is 4.07. The monoisotopic (exact) mass is 299 g/mol. The number of ether oxygens (including phenoxy) is 1. The average molecular weight is 300 g/mol. The Kier molecular flexibility index (Phi) is 4.97. The minimum atomic E-state index is -0.560. The van der Waals surface area contributed by atoms with E-state index in [1.54, 1.807) is 4.90 Å². The van der Waals surface area contributed by atoms with Gasteiger partial charge in [0, 0.05) is 13.1 Å². The molecule has 0 aliphatic carbocycles. The van der Waals surface area contributed by atoms with Gasteiger partial charge < -0.3 is 20.7 Å². The van der Waals surface area contributed by atoms with Crippen LogP contribution in [0.2, 0.25) is 5.02 Å². The summed E-state index contributed by atoms with van der Waals surface area (Å²) in [5, 5.41) is 3.48. The zero-order chi connectivity index (χ0) is 14.5. The predicted octanol–water partition coefficient (Wildman–Crippen LogP) is 0.642. The molecule has 1 amide bonds. The van der Waals surface area contributed by atoms with E-state index >= 15 is 0 Å². The molecule has 1 atom stereocenters. The van der Waals surface area contributed by atoms with Gasteiger partial charge in [-0.15, -0.1) is 0 Å². The predicted molar refractivity (Wildman–Crippen MR) is 77.0 cm³/mol. The molecular formula is C12H18ClN5O2. The Balaban J connectivity index is 2.26. The number of halogens is 1. The van der Waals surface area contributed by atoms with E-state index in [0.717, 1.165) is 13.0 Å². The van der Waals surface area contributed by atoms with Crippen LogP contribution in [0.3, 0.4) is 0 Å².